The number of benzene rings is 2. The summed E-state index contributed by atoms with van der Waals surface area (Å²) >= 11 is 7.61. The summed E-state index contributed by atoms with van der Waals surface area (Å²) in [6.07, 6.45) is 0.946. The molecule has 0 saturated heterocycles. The Morgan fingerprint density at radius 3 is 2.42 bits per heavy atom. The second-order valence-electron chi connectivity index (χ2n) is 4.29. The van der Waals surface area contributed by atoms with Crippen LogP contribution >= 0.6 is 23.4 Å². The van der Waals surface area contributed by atoms with E-state index >= 15 is 0 Å². The third kappa shape index (κ3) is 4.19. The van der Waals surface area contributed by atoms with Gasteiger partial charge < -0.3 is 4.74 Å². The van der Waals surface area contributed by atoms with Gasteiger partial charge in [-0.3, -0.25) is 0 Å². The summed E-state index contributed by atoms with van der Waals surface area (Å²) in [5, 5.41) is 0.761. The van der Waals surface area contributed by atoms with Crippen molar-refractivity contribution >= 4 is 23.4 Å². The van der Waals surface area contributed by atoms with Crippen LogP contribution in [0.3, 0.4) is 0 Å². The molecule has 1 atom stereocenters. The molecule has 0 heterocycles. The highest BCUT2D eigenvalue weighted by atomic mass is 35.5. The summed E-state index contributed by atoms with van der Waals surface area (Å²) in [5.74, 6) is 0.954. The first-order valence-corrected chi connectivity index (χ1v) is 7.59. The summed E-state index contributed by atoms with van der Waals surface area (Å²) in [6.45, 7) is 4.20. The first-order valence-electron chi connectivity index (χ1n) is 6.33. The first kappa shape index (κ1) is 14.3. The average Bonchev–Trinajstić information content (AvgIpc) is 2.43. The lowest BCUT2D eigenvalue weighted by atomic mass is 10.2. The van der Waals surface area contributed by atoms with Gasteiger partial charge in [-0.1, -0.05) is 48.5 Å². The minimum Gasteiger partial charge on any atom is -0.479 e. The van der Waals surface area contributed by atoms with Crippen LogP contribution in [0.2, 0.25) is 5.02 Å². The first-order chi connectivity index (χ1) is 9.19. The third-order valence-electron chi connectivity index (χ3n) is 2.77. The number of ether oxygens (including phenoxy) is 1. The highest BCUT2D eigenvalue weighted by Gasteiger charge is 2.11. The Morgan fingerprint density at radius 2 is 1.79 bits per heavy atom. The van der Waals surface area contributed by atoms with Gasteiger partial charge in [0.1, 0.15) is 11.2 Å². The van der Waals surface area contributed by atoms with Crippen molar-refractivity contribution in [3.8, 4) is 5.75 Å². The van der Waals surface area contributed by atoms with Crippen LogP contribution in [0, 0.1) is 6.92 Å². The lowest BCUT2D eigenvalue weighted by molar-refractivity contribution is 0.282. The van der Waals surface area contributed by atoms with Crippen molar-refractivity contribution in [2.45, 2.75) is 30.6 Å². The van der Waals surface area contributed by atoms with Gasteiger partial charge in [0.15, 0.2) is 0 Å². The number of hydrogen-bond acceptors (Lipinski definition) is 2. The number of halogens is 1. The van der Waals surface area contributed by atoms with E-state index in [1.54, 1.807) is 11.8 Å². The van der Waals surface area contributed by atoms with Gasteiger partial charge in [0.25, 0.3) is 0 Å². The zero-order valence-electron chi connectivity index (χ0n) is 11.1. The fraction of sp³-hybridized carbons (Fsp3) is 0.250. The Bertz CT molecular complexity index is 525. The predicted molar refractivity (Wildman–Crippen MR) is 83.2 cm³/mol. The van der Waals surface area contributed by atoms with Crippen LogP contribution in [0.25, 0.3) is 0 Å². The van der Waals surface area contributed by atoms with Crippen molar-refractivity contribution in [2.24, 2.45) is 0 Å². The molecule has 19 heavy (non-hydrogen) atoms. The van der Waals surface area contributed by atoms with E-state index in [2.05, 4.69) is 19.9 Å². The molecule has 1 unspecified atom stereocenters. The monoisotopic (exact) mass is 292 g/mol. The van der Waals surface area contributed by atoms with E-state index in [0.717, 1.165) is 22.8 Å². The van der Waals surface area contributed by atoms with E-state index in [0.29, 0.717) is 0 Å². The topological polar surface area (TPSA) is 9.23 Å². The zero-order valence-corrected chi connectivity index (χ0v) is 12.7. The van der Waals surface area contributed by atoms with E-state index in [1.165, 1.54) is 4.90 Å². The van der Waals surface area contributed by atoms with Crippen LogP contribution < -0.4 is 4.74 Å². The molecule has 2 rings (SSSR count). The van der Waals surface area contributed by atoms with Crippen molar-refractivity contribution in [3.63, 3.8) is 0 Å². The predicted octanol–water partition coefficient (Wildman–Crippen LogP) is 5.56. The van der Waals surface area contributed by atoms with Crippen LogP contribution in [0.4, 0.5) is 0 Å². The van der Waals surface area contributed by atoms with E-state index in [1.807, 2.05) is 42.5 Å². The molecule has 2 aromatic rings. The lowest BCUT2D eigenvalue weighted by Crippen LogP contribution is -2.11. The molecule has 0 radical (unpaired) electrons. The molecule has 0 amide bonds. The molecular formula is C16H17ClOS. The van der Waals surface area contributed by atoms with Gasteiger partial charge in [0.2, 0.25) is 0 Å². The molecular weight excluding hydrogens is 276 g/mol. The summed E-state index contributed by atoms with van der Waals surface area (Å²) in [5.41, 5.74) is 1.28. The van der Waals surface area contributed by atoms with Gasteiger partial charge >= 0.3 is 0 Å². The Kier molecular flexibility index (Phi) is 5.17. The third-order valence-corrected chi connectivity index (χ3v) is 4.26. The van der Waals surface area contributed by atoms with Crippen molar-refractivity contribution < 1.29 is 4.74 Å². The Balaban J connectivity index is 2.05. The van der Waals surface area contributed by atoms with Crippen LogP contribution in [0.15, 0.2) is 53.4 Å². The molecule has 100 valence electrons. The zero-order chi connectivity index (χ0) is 13.7. The quantitative estimate of drug-likeness (QED) is 0.527. The highest BCUT2D eigenvalue weighted by Crippen LogP contribution is 2.29. The van der Waals surface area contributed by atoms with Crippen molar-refractivity contribution in [2.75, 3.05) is 0 Å². The van der Waals surface area contributed by atoms with E-state index in [-0.39, 0.29) is 5.44 Å². The van der Waals surface area contributed by atoms with E-state index in [9.17, 15) is 0 Å². The van der Waals surface area contributed by atoms with Crippen LogP contribution in [-0.4, -0.2) is 5.44 Å². The molecule has 2 aromatic carbocycles. The van der Waals surface area contributed by atoms with E-state index < -0.39 is 0 Å². The summed E-state index contributed by atoms with van der Waals surface area (Å²) in [4.78, 5) is 1.17. The summed E-state index contributed by atoms with van der Waals surface area (Å²) < 4.78 is 6.06. The minimum absolute atomic E-state index is 0.113. The Labute approximate surface area is 123 Å². The molecule has 0 fully saturated rings. The van der Waals surface area contributed by atoms with Gasteiger partial charge in [0.05, 0.1) is 0 Å². The molecule has 3 heteroatoms. The van der Waals surface area contributed by atoms with Gasteiger partial charge in [-0.05, 0) is 49.2 Å². The highest BCUT2D eigenvalue weighted by molar-refractivity contribution is 7.99. The van der Waals surface area contributed by atoms with Crippen LogP contribution in [-0.2, 0) is 0 Å². The maximum absolute atomic E-state index is 6.06. The van der Waals surface area contributed by atoms with Crippen molar-refractivity contribution in [1.29, 1.82) is 0 Å². The maximum Gasteiger partial charge on any atom is 0.148 e. The number of para-hydroxylation sites is 1. The minimum atomic E-state index is 0.113. The van der Waals surface area contributed by atoms with Crippen molar-refractivity contribution in [1.82, 2.24) is 0 Å². The molecule has 0 aromatic heterocycles. The molecule has 0 aliphatic carbocycles. The Hall–Kier alpha value is -1.12. The molecule has 1 nitrogen and oxygen atoms in total. The normalized spacial score (nSPS) is 12.2. The largest absolute Gasteiger partial charge is 0.479 e. The summed E-state index contributed by atoms with van der Waals surface area (Å²) in [7, 11) is 0. The molecule has 0 bridgehead atoms. The standard InChI is InChI=1S/C16H17ClOS/c1-3-16(18-15-7-5-4-6-12(15)2)19-14-10-8-13(17)9-11-14/h4-11,16H,3H2,1-2H3. The molecule has 0 aliphatic rings. The van der Waals surface area contributed by atoms with Crippen LogP contribution in [0.1, 0.15) is 18.9 Å². The summed E-state index contributed by atoms with van der Waals surface area (Å²) in [6, 6.07) is 16.0. The van der Waals surface area contributed by atoms with Gasteiger partial charge in [-0.25, -0.2) is 0 Å². The lowest BCUT2D eigenvalue weighted by Gasteiger charge is -2.18. The van der Waals surface area contributed by atoms with Gasteiger partial charge in [0, 0.05) is 9.92 Å². The molecule has 0 aliphatic heterocycles. The number of hydrogen-bond donors (Lipinski definition) is 0. The Morgan fingerprint density at radius 1 is 1.11 bits per heavy atom. The van der Waals surface area contributed by atoms with E-state index in [4.69, 9.17) is 16.3 Å². The second kappa shape index (κ2) is 6.88. The van der Waals surface area contributed by atoms with Gasteiger partial charge in [-0.15, -0.1) is 0 Å². The fourth-order valence-electron chi connectivity index (χ4n) is 1.69. The number of thioether (sulfide) groups is 1. The van der Waals surface area contributed by atoms with Crippen molar-refractivity contribution in [3.05, 3.63) is 59.1 Å². The molecule has 0 saturated carbocycles. The fourth-order valence-corrected chi connectivity index (χ4v) is 2.73. The smallest absolute Gasteiger partial charge is 0.148 e. The second-order valence-corrected chi connectivity index (χ2v) is 5.96. The van der Waals surface area contributed by atoms with Crippen LogP contribution in [0.5, 0.6) is 5.75 Å². The number of rotatable bonds is 5. The molecule has 0 N–H and O–H groups in total. The average molecular weight is 293 g/mol. The molecule has 0 spiro atoms. The number of aryl methyl sites for hydroxylation is 1. The maximum atomic E-state index is 6.06. The van der Waals surface area contributed by atoms with Gasteiger partial charge in [-0.2, -0.15) is 0 Å². The SMILES string of the molecule is CCC(Oc1ccccc1C)Sc1ccc(Cl)cc1.